The molecule has 0 aliphatic heterocycles. The zero-order valence-electron chi connectivity index (χ0n) is 16.7. The number of carbonyl (C=O) groups is 1. The zero-order valence-corrected chi connectivity index (χ0v) is 19.0. The first-order valence-electron chi connectivity index (χ1n) is 9.78. The fraction of sp³-hybridized carbons (Fsp3) is 0.600. The van der Waals surface area contributed by atoms with Gasteiger partial charge in [-0.2, -0.15) is 0 Å². The maximum absolute atomic E-state index is 11.9. The number of guanidine groups is 1. The molecule has 1 atom stereocenters. The molecule has 0 spiro atoms. The Balaban J connectivity index is 0.00000364. The average molecular weight is 487 g/mol. The molecule has 27 heavy (non-hydrogen) atoms. The van der Waals surface area contributed by atoms with E-state index in [-0.39, 0.29) is 42.5 Å². The molecule has 0 heterocycles. The Kier molecular flexibility index (Phi) is 11.3. The van der Waals surface area contributed by atoms with Crippen LogP contribution < -0.4 is 16.0 Å². The number of likely N-dealkylation sites (N-methyl/N-ethyl adjacent to an activating group) is 1. The standard InChI is InChI=1S/C20H33N5O.HI/c1-4-21-20(23-15-19(26)24-17-12-13-17)22-14-18(25(5-2)6-3)16-10-8-7-9-11-16;/h7-11,17-18H,4-6,12-15H2,1-3H3,(H,24,26)(H2,21,22,23);1H. The minimum absolute atomic E-state index is 0. The van der Waals surface area contributed by atoms with E-state index in [0.717, 1.165) is 39.0 Å². The Morgan fingerprint density at radius 2 is 1.81 bits per heavy atom. The Labute approximate surface area is 180 Å². The monoisotopic (exact) mass is 487 g/mol. The number of carbonyl (C=O) groups excluding carboxylic acids is 1. The molecule has 1 aromatic rings. The molecule has 1 aliphatic carbocycles. The Hall–Kier alpha value is -1.35. The lowest BCUT2D eigenvalue weighted by atomic mass is 10.1. The van der Waals surface area contributed by atoms with E-state index in [1.807, 2.05) is 13.0 Å². The second kappa shape index (κ2) is 12.9. The molecule has 0 aromatic heterocycles. The van der Waals surface area contributed by atoms with E-state index in [1.54, 1.807) is 0 Å². The van der Waals surface area contributed by atoms with Crippen LogP contribution in [0.5, 0.6) is 0 Å². The van der Waals surface area contributed by atoms with E-state index in [4.69, 9.17) is 0 Å². The van der Waals surface area contributed by atoms with Crippen LogP contribution in [0.25, 0.3) is 0 Å². The lowest BCUT2D eigenvalue weighted by Crippen LogP contribution is -2.43. The van der Waals surface area contributed by atoms with Crippen LogP contribution in [0, 0.1) is 0 Å². The van der Waals surface area contributed by atoms with Gasteiger partial charge in [-0.15, -0.1) is 24.0 Å². The third-order valence-electron chi connectivity index (χ3n) is 4.57. The zero-order chi connectivity index (χ0) is 18.8. The summed E-state index contributed by atoms with van der Waals surface area (Å²) in [7, 11) is 0. The van der Waals surface area contributed by atoms with E-state index in [9.17, 15) is 4.79 Å². The molecule has 0 radical (unpaired) electrons. The second-order valence-electron chi connectivity index (χ2n) is 6.57. The summed E-state index contributed by atoms with van der Waals surface area (Å²) in [5.41, 5.74) is 1.28. The van der Waals surface area contributed by atoms with Gasteiger partial charge in [0.15, 0.2) is 5.96 Å². The summed E-state index contributed by atoms with van der Waals surface area (Å²) < 4.78 is 0. The Morgan fingerprint density at radius 1 is 1.15 bits per heavy atom. The van der Waals surface area contributed by atoms with Gasteiger partial charge in [-0.1, -0.05) is 44.2 Å². The number of halogens is 1. The van der Waals surface area contributed by atoms with Crippen molar-refractivity contribution in [2.45, 2.75) is 45.7 Å². The van der Waals surface area contributed by atoms with Gasteiger partial charge in [0.25, 0.3) is 0 Å². The van der Waals surface area contributed by atoms with E-state index >= 15 is 0 Å². The normalized spacial score (nSPS) is 15.0. The van der Waals surface area contributed by atoms with Crippen LogP contribution in [-0.4, -0.2) is 55.5 Å². The summed E-state index contributed by atoms with van der Waals surface area (Å²) in [6.07, 6.45) is 2.19. The molecule has 1 aliphatic rings. The first-order chi connectivity index (χ1) is 12.7. The number of nitrogens with zero attached hydrogens (tertiary/aromatic N) is 2. The molecule has 0 bridgehead atoms. The third kappa shape index (κ3) is 8.47. The number of amides is 1. The van der Waals surface area contributed by atoms with Crippen LogP contribution in [0.1, 0.15) is 45.2 Å². The molecule has 7 heteroatoms. The molecule has 3 N–H and O–H groups in total. The van der Waals surface area contributed by atoms with Crippen molar-refractivity contribution in [1.82, 2.24) is 20.9 Å². The number of nitrogens with one attached hydrogen (secondary N) is 3. The van der Waals surface area contributed by atoms with Gasteiger partial charge >= 0.3 is 0 Å². The topological polar surface area (TPSA) is 68.8 Å². The summed E-state index contributed by atoms with van der Waals surface area (Å²) in [6, 6.07) is 11.2. The number of benzene rings is 1. The van der Waals surface area contributed by atoms with E-state index in [1.165, 1.54) is 5.56 Å². The predicted molar refractivity (Wildman–Crippen MR) is 123 cm³/mol. The Bertz CT molecular complexity index is 573. The van der Waals surface area contributed by atoms with Gasteiger partial charge in [0.2, 0.25) is 5.91 Å². The molecular weight excluding hydrogens is 453 g/mol. The summed E-state index contributed by atoms with van der Waals surface area (Å²) >= 11 is 0. The van der Waals surface area contributed by atoms with E-state index < -0.39 is 0 Å². The summed E-state index contributed by atoms with van der Waals surface area (Å²) in [4.78, 5) is 18.7. The van der Waals surface area contributed by atoms with Gasteiger partial charge in [-0.25, -0.2) is 4.99 Å². The molecule has 0 saturated heterocycles. The van der Waals surface area contributed by atoms with Gasteiger partial charge in [-0.3, -0.25) is 9.69 Å². The highest BCUT2D eigenvalue weighted by molar-refractivity contribution is 14.0. The maximum Gasteiger partial charge on any atom is 0.242 e. The first-order valence-corrected chi connectivity index (χ1v) is 9.78. The molecule has 1 saturated carbocycles. The Morgan fingerprint density at radius 3 is 2.37 bits per heavy atom. The van der Waals surface area contributed by atoms with E-state index in [2.05, 4.69) is 64.0 Å². The minimum atomic E-state index is -0.00643. The molecule has 152 valence electrons. The van der Waals surface area contributed by atoms with E-state index in [0.29, 0.717) is 12.0 Å². The molecule has 1 amide bonds. The summed E-state index contributed by atoms with van der Waals surface area (Å²) in [5.74, 6) is 0.680. The molecule has 1 unspecified atom stereocenters. The highest BCUT2D eigenvalue weighted by atomic mass is 127. The number of aliphatic imine (C=N–C) groups is 1. The fourth-order valence-corrected chi connectivity index (χ4v) is 2.98. The largest absolute Gasteiger partial charge is 0.357 e. The van der Waals surface area contributed by atoms with Crippen molar-refractivity contribution in [3.05, 3.63) is 35.9 Å². The maximum atomic E-state index is 11.9. The quantitative estimate of drug-likeness (QED) is 0.270. The molecule has 1 aromatic carbocycles. The van der Waals surface area contributed by atoms with Crippen molar-refractivity contribution in [2.24, 2.45) is 4.99 Å². The highest BCUT2D eigenvalue weighted by Crippen LogP contribution is 2.19. The van der Waals surface area contributed by atoms with Crippen molar-refractivity contribution < 1.29 is 4.79 Å². The van der Waals surface area contributed by atoms with Crippen LogP contribution in [0.15, 0.2) is 35.3 Å². The van der Waals surface area contributed by atoms with Gasteiger partial charge < -0.3 is 16.0 Å². The number of hydrogen-bond donors (Lipinski definition) is 3. The molecule has 1 fully saturated rings. The lowest BCUT2D eigenvalue weighted by molar-refractivity contribution is -0.119. The predicted octanol–water partition coefficient (Wildman–Crippen LogP) is 2.52. The lowest BCUT2D eigenvalue weighted by Gasteiger charge is -2.30. The number of hydrogen-bond acceptors (Lipinski definition) is 3. The number of rotatable bonds is 10. The highest BCUT2D eigenvalue weighted by Gasteiger charge is 2.23. The molecule has 2 rings (SSSR count). The van der Waals surface area contributed by atoms with Crippen molar-refractivity contribution in [2.75, 3.05) is 32.7 Å². The van der Waals surface area contributed by atoms with Crippen LogP contribution in [0.4, 0.5) is 0 Å². The first kappa shape index (κ1) is 23.7. The van der Waals surface area contributed by atoms with Crippen molar-refractivity contribution in [3.63, 3.8) is 0 Å². The second-order valence-corrected chi connectivity index (χ2v) is 6.57. The van der Waals surface area contributed by atoms with Crippen molar-refractivity contribution in [1.29, 1.82) is 0 Å². The third-order valence-corrected chi connectivity index (χ3v) is 4.57. The minimum Gasteiger partial charge on any atom is -0.357 e. The van der Waals surface area contributed by atoms with Gasteiger partial charge in [-0.05, 0) is 38.4 Å². The molecule has 6 nitrogen and oxygen atoms in total. The van der Waals surface area contributed by atoms with Crippen molar-refractivity contribution in [3.8, 4) is 0 Å². The van der Waals surface area contributed by atoms with Crippen LogP contribution in [0.3, 0.4) is 0 Å². The fourth-order valence-electron chi connectivity index (χ4n) is 2.98. The van der Waals surface area contributed by atoms with Crippen LogP contribution >= 0.6 is 24.0 Å². The summed E-state index contributed by atoms with van der Waals surface area (Å²) in [5, 5.41) is 9.61. The SMILES string of the molecule is CCNC(=NCC(=O)NC1CC1)NCC(c1ccccc1)N(CC)CC.I. The van der Waals surface area contributed by atoms with Gasteiger partial charge in [0.05, 0.1) is 6.04 Å². The average Bonchev–Trinajstić information content (AvgIpc) is 3.47. The van der Waals surface area contributed by atoms with Crippen LogP contribution in [-0.2, 0) is 4.79 Å². The van der Waals surface area contributed by atoms with Gasteiger partial charge in [0.1, 0.15) is 6.54 Å². The van der Waals surface area contributed by atoms with Crippen LogP contribution in [0.2, 0.25) is 0 Å². The summed E-state index contributed by atoms with van der Waals surface area (Å²) in [6.45, 7) is 10.0. The van der Waals surface area contributed by atoms with Crippen molar-refractivity contribution >= 4 is 35.8 Å². The molecular formula is C20H34IN5O. The smallest absolute Gasteiger partial charge is 0.242 e. The van der Waals surface area contributed by atoms with Gasteiger partial charge in [0, 0.05) is 19.1 Å².